The zero-order valence-corrected chi connectivity index (χ0v) is 21.9. The van der Waals surface area contributed by atoms with Gasteiger partial charge in [0.05, 0.1) is 6.61 Å². The predicted molar refractivity (Wildman–Crippen MR) is 121 cm³/mol. The van der Waals surface area contributed by atoms with Crippen molar-refractivity contribution < 1.29 is 29.3 Å². The maximum absolute atomic E-state index is 11.8. The van der Waals surface area contributed by atoms with Crippen molar-refractivity contribution in [3.05, 3.63) is 43.5 Å². The van der Waals surface area contributed by atoms with Crippen LogP contribution in [-0.2, 0) is 19.1 Å². The van der Waals surface area contributed by atoms with Crippen LogP contribution in [0.15, 0.2) is 30.3 Å². The van der Waals surface area contributed by atoms with Crippen LogP contribution in [0, 0.1) is 13.2 Å². The summed E-state index contributed by atoms with van der Waals surface area (Å²) in [5.74, 6) is -0.0462. The molecular formula is C22H36BaN2O6. The minimum Gasteiger partial charge on any atom is -0.566 e. The number of anilines is 1. The molecule has 172 valence electrons. The van der Waals surface area contributed by atoms with Gasteiger partial charge in [0, 0.05) is 25.1 Å². The second kappa shape index (κ2) is 22.8. The van der Waals surface area contributed by atoms with Crippen molar-refractivity contribution in [2.45, 2.75) is 58.7 Å². The average molecular weight is 562 g/mol. The van der Waals surface area contributed by atoms with Gasteiger partial charge in [-0.05, 0) is 25.0 Å². The van der Waals surface area contributed by atoms with E-state index in [1.54, 1.807) is 0 Å². The van der Waals surface area contributed by atoms with Crippen molar-refractivity contribution in [2.75, 3.05) is 25.1 Å². The van der Waals surface area contributed by atoms with Gasteiger partial charge in [0.25, 0.3) is 0 Å². The number of ether oxygens (including phenoxy) is 2. The molecule has 0 spiro atoms. The van der Waals surface area contributed by atoms with Gasteiger partial charge in [-0.15, -0.1) is 6.42 Å². The third-order valence-electron chi connectivity index (χ3n) is 3.96. The normalized spacial score (nSPS) is 11.0. The molecule has 0 aromatic heterocycles. The van der Waals surface area contributed by atoms with Crippen LogP contribution in [-0.4, -0.2) is 97.0 Å². The summed E-state index contributed by atoms with van der Waals surface area (Å²) in [6.07, 6.45) is 3.72. The van der Waals surface area contributed by atoms with Crippen LogP contribution in [0.4, 0.5) is 5.69 Å². The fourth-order valence-corrected chi connectivity index (χ4v) is 2.54. The second-order valence-corrected chi connectivity index (χ2v) is 6.38. The van der Waals surface area contributed by atoms with E-state index in [9.17, 15) is 9.59 Å². The third kappa shape index (κ3) is 18.8. The van der Waals surface area contributed by atoms with Gasteiger partial charge in [0.15, 0.2) is 0 Å². The Balaban J connectivity index is 0. The van der Waals surface area contributed by atoms with Gasteiger partial charge in [0.1, 0.15) is 6.29 Å². The van der Waals surface area contributed by atoms with Gasteiger partial charge in [-0.2, -0.15) is 6.61 Å². The van der Waals surface area contributed by atoms with Crippen LogP contribution in [0.1, 0.15) is 52.4 Å². The number of hydrogen-bond donors (Lipinski definition) is 4. The molecule has 0 heterocycles. The molecule has 0 aliphatic carbocycles. The Hall–Kier alpha value is -0.429. The number of benzene rings is 1. The molecule has 0 aliphatic heterocycles. The number of hydrogen-bond acceptors (Lipinski definition) is 6. The van der Waals surface area contributed by atoms with Crippen LogP contribution in [0.3, 0.4) is 0 Å². The summed E-state index contributed by atoms with van der Waals surface area (Å²) in [5.41, 5.74) is 0.803. The number of unbranched alkanes of at least 4 members (excludes halogenated alkanes) is 3. The van der Waals surface area contributed by atoms with Crippen LogP contribution in [0.25, 0.3) is 0 Å². The van der Waals surface area contributed by atoms with Gasteiger partial charge in [-0.3, -0.25) is 9.59 Å². The summed E-state index contributed by atoms with van der Waals surface area (Å²) >= 11 is 0. The molecule has 1 unspecified atom stereocenters. The van der Waals surface area contributed by atoms with Gasteiger partial charge < -0.3 is 30.3 Å². The molecule has 0 radical (unpaired) electrons. The fraction of sp³-hybridized carbons (Fsp3) is 0.545. The first-order chi connectivity index (χ1) is 14.2. The Kier molecular flexibility index (Phi) is 24.0. The van der Waals surface area contributed by atoms with Gasteiger partial charge in [-0.25, -0.2) is 6.61 Å². The minimum atomic E-state index is -0.692. The summed E-state index contributed by atoms with van der Waals surface area (Å²) in [6, 6.07) is 9.36. The number of rotatable bonds is 17. The van der Waals surface area contributed by atoms with Crippen molar-refractivity contribution in [1.82, 2.24) is 5.32 Å². The van der Waals surface area contributed by atoms with Gasteiger partial charge >= 0.3 is 48.9 Å². The minimum absolute atomic E-state index is 0. The van der Waals surface area contributed by atoms with E-state index in [-0.39, 0.29) is 87.8 Å². The van der Waals surface area contributed by atoms with Crippen molar-refractivity contribution in [1.29, 1.82) is 0 Å². The first-order valence-electron chi connectivity index (χ1n) is 9.92. The predicted octanol–water partition coefficient (Wildman–Crippen LogP) is 2.77. The molecule has 8 nitrogen and oxygen atoms in total. The average Bonchev–Trinajstić information content (AvgIpc) is 2.72. The monoisotopic (exact) mass is 562 g/mol. The molecule has 0 bridgehead atoms. The Morgan fingerprint density at radius 3 is 2.29 bits per heavy atom. The van der Waals surface area contributed by atoms with Crippen LogP contribution < -0.4 is 10.6 Å². The number of aliphatic hydroxyl groups excluding tert-OH is 2. The van der Waals surface area contributed by atoms with Crippen molar-refractivity contribution in [2.24, 2.45) is 0 Å². The van der Waals surface area contributed by atoms with E-state index >= 15 is 0 Å². The Labute approximate surface area is 226 Å². The fourth-order valence-electron chi connectivity index (χ4n) is 2.54. The van der Waals surface area contributed by atoms with Crippen LogP contribution >= 0.6 is 0 Å². The maximum Gasteiger partial charge on any atom is 2.00 e. The number of nitrogens with one attached hydrogen (secondary N) is 2. The van der Waals surface area contributed by atoms with Crippen molar-refractivity contribution in [3.8, 4) is 0 Å². The topological polar surface area (TPSA) is 117 Å². The largest absolute Gasteiger partial charge is 2.00 e. The molecule has 9 heteroatoms. The molecule has 0 fully saturated rings. The number of carbonyl (C=O) groups is 2. The number of para-hydroxylation sites is 1. The first kappa shape index (κ1) is 32.7. The molecular weight excluding hydrogens is 526 g/mol. The van der Waals surface area contributed by atoms with Crippen LogP contribution in [0.2, 0.25) is 0 Å². The van der Waals surface area contributed by atoms with E-state index in [4.69, 9.17) is 19.7 Å². The molecule has 31 heavy (non-hydrogen) atoms. The van der Waals surface area contributed by atoms with Crippen molar-refractivity contribution >= 4 is 66.4 Å². The summed E-state index contributed by atoms with van der Waals surface area (Å²) in [5, 5.41) is 23.1. The Bertz CT molecular complexity index is 562. The first-order valence-corrected chi connectivity index (χ1v) is 9.92. The Morgan fingerprint density at radius 1 is 1.03 bits per heavy atom. The summed E-state index contributed by atoms with van der Waals surface area (Å²) < 4.78 is 10.4. The Morgan fingerprint density at radius 2 is 1.68 bits per heavy atom. The zero-order chi connectivity index (χ0) is 21.2. The summed E-state index contributed by atoms with van der Waals surface area (Å²) in [4.78, 5) is 23.6. The molecule has 1 rings (SSSR count). The molecule has 1 aromatic rings. The molecule has 1 atom stereocenters. The van der Waals surface area contributed by atoms with Crippen molar-refractivity contribution in [3.63, 3.8) is 0 Å². The molecule has 1 aromatic carbocycles. The summed E-state index contributed by atoms with van der Waals surface area (Å²) in [7, 11) is 0. The molecule has 2 amide bonds. The SMILES string of the molecule is C.O=C(CCCCCCC(=O)Nc1ccccc1)NCCOC(C[CH-]O)O[CH-]CO.[Ba+2]. The maximum atomic E-state index is 11.8. The van der Waals surface area contributed by atoms with Gasteiger partial charge in [0.2, 0.25) is 11.8 Å². The zero-order valence-electron chi connectivity index (χ0n) is 17.4. The van der Waals surface area contributed by atoms with E-state index in [1.807, 2.05) is 30.3 Å². The van der Waals surface area contributed by atoms with E-state index in [0.717, 1.165) is 38.0 Å². The van der Waals surface area contributed by atoms with E-state index in [1.165, 1.54) is 6.61 Å². The second-order valence-electron chi connectivity index (χ2n) is 6.38. The quantitative estimate of drug-likeness (QED) is 0.101. The molecule has 0 saturated heterocycles. The van der Waals surface area contributed by atoms with Gasteiger partial charge in [-0.1, -0.05) is 45.1 Å². The van der Waals surface area contributed by atoms with E-state index in [0.29, 0.717) is 19.4 Å². The van der Waals surface area contributed by atoms with E-state index < -0.39 is 6.29 Å². The standard InChI is InChI=1S/C21H32N2O6.CH4.Ba/c24-14-12-21(29-17-15-25)28-16-13-22-19(26)10-6-1-2-7-11-20(27)23-18-8-4-3-5-9-18;;/h3-5,8-9,14,17,21,24-25H,1-2,6-7,10-13,15-16H2,(H,22,26)(H,23,27);1H4;/q-2;;+2. The third-order valence-corrected chi connectivity index (χ3v) is 3.96. The smallest absolute Gasteiger partial charge is 0.566 e. The number of amides is 2. The molecule has 0 saturated carbocycles. The summed E-state index contributed by atoms with van der Waals surface area (Å²) in [6.45, 7) is 2.42. The van der Waals surface area contributed by atoms with E-state index in [2.05, 4.69) is 10.6 Å². The van der Waals surface area contributed by atoms with Crippen LogP contribution in [0.5, 0.6) is 0 Å². The number of carbonyl (C=O) groups excluding carboxylic acids is 2. The molecule has 4 N–H and O–H groups in total. The molecule has 0 aliphatic rings. The number of aliphatic hydroxyl groups is 2.